The second-order valence-corrected chi connectivity index (χ2v) is 1.73. The van der Waals surface area contributed by atoms with Gasteiger partial charge in [-0.25, -0.2) is 0 Å². The number of hydrogen-bond acceptors (Lipinski definition) is 0. The standard InChI is InChI=1S/2CH3.Al.Na/h2*1H3;;/q;;-1;+1. The van der Waals surface area contributed by atoms with Crippen molar-refractivity contribution < 1.29 is 29.6 Å². The van der Waals surface area contributed by atoms with E-state index in [-0.39, 0.29) is 29.6 Å². The topological polar surface area (TPSA) is 0 Å². The monoisotopic (exact) mass is 80.0 g/mol. The second-order valence-electron chi connectivity index (χ2n) is 0.577. The van der Waals surface area contributed by atoms with Crippen LogP contribution in [0.25, 0.3) is 0 Å². The first-order chi connectivity index (χ1) is 1.41. The maximum Gasteiger partial charge on any atom is 1.00 e. The molecule has 0 aromatic rings. The summed E-state index contributed by atoms with van der Waals surface area (Å²) in [6.45, 7) is 0. The maximum absolute atomic E-state index is 2.21. The van der Waals surface area contributed by atoms with Crippen molar-refractivity contribution in [2.24, 2.45) is 0 Å². The molecule has 0 aromatic heterocycles. The summed E-state index contributed by atoms with van der Waals surface area (Å²) in [5.74, 6) is 4.42. The van der Waals surface area contributed by atoms with Crippen LogP contribution in [-0.2, 0) is 0 Å². The van der Waals surface area contributed by atoms with Gasteiger partial charge in [-0.15, -0.1) is 0 Å². The Kier molecular flexibility index (Phi) is 20.1. The van der Waals surface area contributed by atoms with Gasteiger partial charge < -0.3 is 0 Å². The molecule has 0 rings (SSSR count). The molecule has 0 aliphatic heterocycles. The van der Waals surface area contributed by atoms with Crippen LogP contribution in [0.15, 0.2) is 0 Å². The molecule has 0 aromatic carbocycles. The summed E-state index contributed by atoms with van der Waals surface area (Å²) >= 11 is 0.750. The van der Waals surface area contributed by atoms with Gasteiger partial charge in [-0.1, -0.05) is 0 Å². The molecule has 2 heteroatoms. The third kappa shape index (κ3) is 9.65. The van der Waals surface area contributed by atoms with Crippen LogP contribution in [0.2, 0.25) is 11.6 Å². The first kappa shape index (κ1) is 9.11. The molecular formula is C2H6AlNa. The third-order valence-corrected chi connectivity index (χ3v) is 0. The molecule has 0 fully saturated rings. The largest absolute Gasteiger partial charge is 1.00 e. The zero-order valence-corrected chi connectivity index (χ0v) is 6.73. The Hall–Kier alpha value is 1.53. The molecule has 0 saturated carbocycles. The minimum atomic E-state index is 0. The minimum absolute atomic E-state index is 0. The molecule has 18 valence electrons. The Labute approximate surface area is 56.0 Å². The van der Waals surface area contributed by atoms with Crippen molar-refractivity contribution in [3.8, 4) is 0 Å². The Bertz CT molecular complexity index is 6.00. The second kappa shape index (κ2) is 8.82. The average Bonchev–Trinajstić information content (AvgIpc) is 0.918. The van der Waals surface area contributed by atoms with Gasteiger partial charge in [0, 0.05) is 0 Å². The van der Waals surface area contributed by atoms with Crippen LogP contribution in [0.1, 0.15) is 0 Å². The normalized spacial score (nSPS) is 4.50. The molecule has 2 radical (unpaired) electrons. The number of hydrogen-bond donors (Lipinski definition) is 0. The van der Waals surface area contributed by atoms with E-state index in [1.165, 1.54) is 0 Å². The molecule has 0 spiro atoms. The summed E-state index contributed by atoms with van der Waals surface area (Å²) < 4.78 is 0. The zero-order valence-electron chi connectivity index (χ0n) is 3.58. The number of rotatable bonds is 0. The van der Waals surface area contributed by atoms with Gasteiger partial charge in [0.1, 0.15) is 0 Å². The Morgan fingerprint density at radius 2 is 1.25 bits per heavy atom. The maximum atomic E-state index is 2.21. The van der Waals surface area contributed by atoms with Crippen LogP contribution in [0.3, 0.4) is 0 Å². The molecule has 0 unspecified atom stereocenters. The fraction of sp³-hybridized carbons (Fsp3) is 1.00. The van der Waals surface area contributed by atoms with E-state index in [2.05, 4.69) is 11.6 Å². The molecule has 0 heterocycles. The van der Waals surface area contributed by atoms with Crippen molar-refractivity contribution >= 4 is 15.2 Å². The first-order valence-electron chi connectivity index (χ1n) is 1.15. The fourth-order valence-electron chi connectivity index (χ4n) is 0. The Morgan fingerprint density at radius 1 is 1.25 bits per heavy atom. The first-order valence-corrected chi connectivity index (χ1v) is 3.46. The molecule has 4 heavy (non-hydrogen) atoms. The van der Waals surface area contributed by atoms with Crippen molar-refractivity contribution in [2.75, 3.05) is 0 Å². The van der Waals surface area contributed by atoms with Gasteiger partial charge in [-0.2, -0.15) is 0 Å². The van der Waals surface area contributed by atoms with Gasteiger partial charge in [-0.3, -0.25) is 26.8 Å². The van der Waals surface area contributed by atoms with Crippen LogP contribution in [0.5, 0.6) is 0 Å². The van der Waals surface area contributed by atoms with Crippen molar-refractivity contribution in [3.63, 3.8) is 0 Å². The molecule has 0 amide bonds. The quantitative estimate of drug-likeness (QED) is 0.289. The molecule has 0 saturated heterocycles. The van der Waals surface area contributed by atoms with E-state index in [1.807, 2.05) is 0 Å². The predicted octanol–water partition coefficient (Wildman–Crippen LogP) is -2.21. The minimum Gasteiger partial charge on any atom is -0.271 e. The summed E-state index contributed by atoms with van der Waals surface area (Å²) in [6, 6.07) is 0. The van der Waals surface area contributed by atoms with E-state index in [1.54, 1.807) is 0 Å². The van der Waals surface area contributed by atoms with Crippen molar-refractivity contribution in [1.82, 2.24) is 0 Å². The van der Waals surface area contributed by atoms with Gasteiger partial charge >= 0.3 is 29.6 Å². The Balaban J connectivity index is 0. The fourth-order valence-corrected chi connectivity index (χ4v) is 0. The van der Waals surface area contributed by atoms with Crippen LogP contribution in [0, 0.1) is 0 Å². The SMILES string of the molecule is [CH3][Al-][CH3].[Na+]. The van der Waals surface area contributed by atoms with Crippen LogP contribution in [-0.4, -0.2) is 15.2 Å². The van der Waals surface area contributed by atoms with Crippen molar-refractivity contribution in [3.05, 3.63) is 0 Å². The van der Waals surface area contributed by atoms with E-state index in [0.717, 1.165) is 15.2 Å². The molecule has 0 aliphatic carbocycles. The molecule has 0 aliphatic rings. The summed E-state index contributed by atoms with van der Waals surface area (Å²) in [7, 11) is 0. The molecule has 0 atom stereocenters. The predicted molar refractivity (Wildman–Crippen MR) is 17.5 cm³/mol. The van der Waals surface area contributed by atoms with Gasteiger partial charge in [0.05, 0.1) is 0 Å². The zero-order chi connectivity index (χ0) is 2.71. The van der Waals surface area contributed by atoms with E-state index < -0.39 is 0 Å². The van der Waals surface area contributed by atoms with Crippen LogP contribution < -0.4 is 29.6 Å². The van der Waals surface area contributed by atoms with E-state index >= 15 is 0 Å². The van der Waals surface area contributed by atoms with E-state index in [9.17, 15) is 0 Å². The van der Waals surface area contributed by atoms with Crippen LogP contribution in [0.4, 0.5) is 0 Å². The van der Waals surface area contributed by atoms with Gasteiger partial charge in [0.15, 0.2) is 0 Å². The molecular weight excluding hydrogens is 74.0 g/mol. The molecule has 0 N–H and O–H groups in total. The van der Waals surface area contributed by atoms with Crippen molar-refractivity contribution in [1.29, 1.82) is 0 Å². The van der Waals surface area contributed by atoms with Gasteiger partial charge in [0.2, 0.25) is 0 Å². The molecule has 0 bridgehead atoms. The van der Waals surface area contributed by atoms with Crippen molar-refractivity contribution in [2.45, 2.75) is 11.6 Å². The summed E-state index contributed by atoms with van der Waals surface area (Å²) in [4.78, 5) is 0. The third-order valence-electron chi connectivity index (χ3n) is 0. The summed E-state index contributed by atoms with van der Waals surface area (Å²) in [6.07, 6.45) is 0. The Morgan fingerprint density at radius 3 is 1.25 bits per heavy atom. The summed E-state index contributed by atoms with van der Waals surface area (Å²) in [5, 5.41) is 0. The van der Waals surface area contributed by atoms with Crippen LogP contribution >= 0.6 is 0 Å². The van der Waals surface area contributed by atoms with Gasteiger partial charge in [-0.05, 0) is 0 Å². The van der Waals surface area contributed by atoms with E-state index in [4.69, 9.17) is 0 Å². The average molecular weight is 80.0 g/mol. The summed E-state index contributed by atoms with van der Waals surface area (Å²) in [5.41, 5.74) is 0. The smallest absolute Gasteiger partial charge is 0.271 e. The van der Waals surface area contributed by atoms with Gasteiger partial charge in [0.25, 0.3) is 0 Å². The van der Waals surface area contributed by atoms with E-state index in [0.29, 0.717) is 0 Å². The molecule has 0 nitrogen and oxygen atoms in total.